The minimum Gasteiger partial charge on any atom is -0.492 e. The summed E-state index contributed by atoms with van der Waals surface area (Å²) in [7, 11) is 0. The Hall–Kier alpha value is -3.44. The first-order valence-electron chi connectivity index (χ1n) is 11.1. The van der Waals surface area contributed by atoms with Crippen LogP contribution in [-0.2, 0) is 10.4 Å². The van der Waals surface area contributed by atoms with Crippen LogP contribution in [0.5, 0.6) is 5.75 Å². The number of ketones is 1. The Kier molecular flexibility index (Phi) is 6.09. The van der Waals surface area contributed by atoms with Gasteiger partial charge < -0.3 is 14.7 Å². The van der Waals surface area contributed by atoms with E-state index in [0.29, 0.717) is 16.8 Å². The van der Waals surface area contributed by atoms with Crippen LogP contribution in [0, 0.1) is 27.7 Å². The van der Waals surface area contributed by atoms with Crippen molar-refractivity contribution in [2.45, 2.75) is 39.7 Å². The number of rotatable bonds is 7. The van der Waals surface area contributed by atoms with E-state index >= 15 is 0 Å². The molecule has 0 bridgehead atoms. The molecular formula is C28H29NO4. The summed E-state index contributed by atoms with van der Waals surface area (Å²) in [5, 5.41) is 11.6. The molecule has 170 valence electrons. The summed E-state index contributed by atoms with van der Waals surface area (Å²) in [5.74, 6) is -0.00786. The van der Waals surface area contributed by atoms with E-state index in [2.05, 4.69) is 0 Å². The number of anilines is 1. The van der Waals surface area contributed by atoms with Crippen LogP contribution in [0.2, 0.25) is 0 Å². The van der Waals surface area contributed by atoms with Crippen LogP contribution in [0.3, 0.4) is 0 Å². The summed E-state index contributed by atoms with van der Waals surface area (Å²) in [4.78, 5) is 28.3. The second kappa shape index (κ2) is 8.83. The van der Waals surface area contributed by atoms with E-state index < -0.39 is 11.5 Å². The molecule has 4 rings (SSSR count). The molecule has 0 aromatic heterocycles. The highest BCUT2D eigenvalue weighted by molar-refractivity contribution is 6.11. The minimum absolute atomic E-state index is 0.242. The molecule has 0 fully saturated rings. The van der Waals surface area contributed by atoms with Gasteiger partial charge in [-0.3, -0.25) is 9.59 Å². The lowest BCUT2D eigenvalue weighted by molar-refractivity contribution is -0.135. The summed E-state index contributed by atoms with van der Waals surface area (Å²) in [5.41, 5.74) is 3.60. The molecule has 1 heterocycles. The largest absolute Gasteiger partial charge is 0.492 e. The quantitative estimate of drug-likeness (QED) is 0.533. The Bertz CT molecular complexity index is 1210. The predicted molar refractivity (Wildman–Crippen MR) is 129 cm³/mol. The van der Waals surface area contributed by atoms with Gasteiger partial charge in [0.25, 0.3) is 5.91 Å². The molecule has 0 aliphatic carbocycles. The fourth-order valence-corrected chi connectivity index (χ4v) is 4.80. The van der Waals surface area contributed by atoms with E-state index in [0.717, 1.165) is 28.0 Å². The van der Waals surface area contributed by atoms with Crippen molar-refractivity contribution in [2.75, 3.05) is 18.1 Å². The van der Waals surface area contributed by atoms with Gasteiger partial charge in [-0.2, -0.15) is 0 Å². The van der Waals surface area contributed by atoms with Crippen molar-refractivity contribution in [3.63, 3.8) is 0 Å². The number of hydrogen-bond donors (Lipinski definition) is 1. The van der Waals surface area contributed by atoms with Crippen molar-refractivity contribution >= 4 is 17.4 Å². The van der Waals surface area contributed by atoms with Gasteiger partial charge >= 0.3 is 0 Å². The zero-order chi connectivity index (χ0) is 23.8. The zero-order valence-corrected chi connectivity index (χ0v) is 19.5. The number of carbonyl (C=O) groups excluding carboxylic acids is 2. The Morgan fingerprint density at radius 2 is 1.64 bits per heavy atom. The van der Waals surface area contributed by atoms with Crippen LogP contribution in [-0.4, -0.2) is 29.9 Å². The highest BCUT2D eigenvalue weighted by Gasteiger charge is 2.50. The number of carbonyl (C=O) groups is 2. The van der Waals surface area contributed by atoms with Crippen molar-refractivity contribution in [1.29, 1.82) is 0 Å². The van der Waals surface area contributed by atoms with E-state index in [9.17, 15) is 14.7 Å². The Morgan fingerprint density at radius 1 is 0.939 bits per heavy atom. The van der Waals surface area contributed by atoms with Crippen molar-refractivity contribution < 1.29 is 19.4 Å². The number of aryl methyl sites for hydroxylation is 4. The van der Waals surface area contributed by atoms with Gasteiger partial charge in [-0.25, -0.2) is 0 Å². The maximum absolute atomic E-state index is 13.4. The third kappa shape index (κ3) is 4.29. The lowest BCUT2D eigenvalue weighted by Gasteiger charge is -2.23. The number of hydrogen-bond acceptors (Lipinski definition) is 4. The van der Waals surface area contributed by atoms with Gasteiger partial charge in [0.05, 0.1) is 18.7 Å². The maximum atomic E-state index is 13.4. The van der Waals surface area contributed by atoms with Crippen LogP contribution in [0.15, 0.2) is 60.7 Å². The molecule has 1 amide bonds. The van der Waals surface area contributed by atoms with Gasteiger partial charge in [0.15, 0.2) is 11.4 Å². The van der Waals surface area contributed by atoms with E-state index in [1.54, 1.807) is 18.2 Å². The monoisotopic (exact) mass is 443 g/mol. The van der Waals surface area contributed by atoms with Crippen LogP contribution < -0.4 is 9.64 Å². The molecule has 5 heteroatoms. The molecular weight excluding hydrogens is 414 g/mol. The van der Waals surface area contributed by atoms with Gasteiger partial charge in [-0.15, -0.1) is 0 Å². The summed E-state index contributed by atoms with van der Waals surface area (Å²) in [6, 6.07) is 18.7. The van der Waals surface area contributed by atoms with Crippen LogP contribution in [0.4, 0.5) is 5.69 Å². The fourth-order valence-electron chi connectivity index (χ4n) is 4.80. The number of para-hydroxylation sites is 1. The maximum Gasteiger partial charge on any atom is 0.264 e. The van der Waals surface area contributed by atoms with Crippen molar-refractivity contribution in [1.82, 2.24) is 0 Å². The molecule has 3 aromatic rings. The summed E-state index contributed by atoms with van der Waals surface area (Å²) in [6.07, 6.45) is -0.303. The number of ether oxygens (including phenoxy) is 1. The molecule has 1 atom stereocenters. The standard InChI is InChI=1S/C28H29NO4/c1-18-8-7-9-22(16-18)33-13-12-29-24-11-6-5-10-23(24)28(32,27(29)31)17-25(30)26-20(3)14-19(2)15-21(26)4/h5-11,14-16,32H,12-13,17H2,1-4H3. The molecule has 1 N–H and O–H groups in total. The van der Waals surface area contributed by atoms with Crippen molar-refractivity contribution in [3.8, 4) is 5.75 Å². The van der Waals surface area contributed by atoms with E-state index in [4.69, 9.17) is 4.74 Å². The molecule has 0 radical (unpaired) electrons. The summed E-state index contributed by atoms with van der Waals surface area (Å²) in [6.45, 7) is 8.27. The molecule has 33 heavy (non-hydrogen) atoms. The van der Waals surface area contributed by atoms with Gasteiger partial charge in [0.1, 0.15) is 12.4 Å². The average molecular weight is 444 g/mol. The number of fused-ring (bicyclic) bond motifs is 1. The first-order chi connectivity index (χ1) is 15.7. The first-order valence-corrected chi connectivity index (χ1v) is 11.1. The predicted octanol–water partition coefficient (Wildman–Crippen LogP) is 4.81. The average Bonchev–Trinajstić information content (AvgIpc) is 2.95. The number of Topliss-reactive ketones (excluding diaryl/α,β-unsaturated/α-hetero) is 1. The third-order valence-electron chi connectivity index (χ3n) is 6.18. The summed E-state index contributed by atoms with van der Waals surface area (Å²) < 4.78 is 5.83. The number of aliphatic hydroxyl groups is 1. The molecule has 1 aliphatic heterocycles. The normalized spacial score (nSPS) is 17.2. The highest BCUT2D eigenvalue weighted by Crippen LogP contribution is 2.43. The third-order valence-corrected chi connectivity index (χ3v) is 6.18. The van der Waals surface area contributed by atoms with Gasteiger partial charge in [-0.05, 0) is 62.6 Å². The van der Waals surface area contributed by atoms with Gasteiger partial charge in [0.2, 0.25) is 0 Å². The second-order valence-electron chi connectivity index (χ2n) is 8.87. The van der Waals surface area contributed by atoms with Gasteiger partial charge in [-0.1, -0.05) is 48.0 Å². The lowest BCUT2D eigenvalue weighted by Crippen LogP contribution is -2.43. The van der Waals surface area contributed by atoms with Crippen LogP contribution in [0.1, 0.15) is 44.6 Å². The second-order valence-corrected chi connectivity index (χ2v) is 8.87. The summed E-state index contributed by atoms with van der Waals surface area (Å²) >= 11 is 0. The van der Waals surface area contributed by atoms with Crippen molar-refractivity contribution in [2.24, 2.45) is 0 Å². The molecule has 3 aromatic carbocycles. The van der Waals surface area contributed by atoms with E-state index in [-0.39, 0.29) is 25.4 Å². The molecule has 5 nitrogen and oxygen atoms in total. The van der Waals surface area contributed by atoms with Gasteiger partial charge in [0, 0.05) is 11.1 Å². The fraction of sp³-hybridized carbons (Fsp3) is 0.286. The molecule has 0 saturated heterocycles. The van der Waals surface area contributed by atoms with E-state index in [1.807, 2.05) is 70.2 Å². The topological polar surface area (TPSA) is 66.8 Å². The number of amides is 1. The van der Waals surface area contributed by atoms with Crippen LogP contribution >= 0.6 is 0 Å². The SMILES string of the molecule is Cc1cccc(OCCN2C(=O)C(O)(CC(=O)c3c(C)cc(C)cc3C)c3ccccc32)c1. The molecule has 1 aliphatic rings. The zero-order valence-electron chi connectivity index (χ0n) is 19.5. The Morgan fingerprint density at radius 3 is 2.33 bits per heavy atom. The van der Waals surface area contributed by atoms with E-state index in [1.165, 1.54) is 4.90 Å². The minimum atomic E-state index is -1.90. The molecule has 0 spiro atoms. The first kappa shape index (κ1) is 22.7. The van der Waals surface area contributed by atoms with Crippen LogP contribution in [0.25, 0.3) is 0 Å². The molecule has 0 saturated carbocycles. The van der Waals surface area contributed by atoms with Crippen molar-refractivity contribution in [3.05, 3.63) is 94.0 Å². The molecule has 1 unspecified atom stereocenters. The highest BCUT2D eigenvalue weighted by atomic mass is 16.5. The number of benzene rings is 3. The smallest absolute Gasteiger partial charge is 0.264 e. The lowest BCUT2D eigenvalue weighted by atomic mass is 9.85. The Balaban J connectivity index is 1.57. The Labute approximate surface area is 194 Å². The number of nitrogens with zero attached hydrogens (tertiary/aromatic N) is 1.